The summed E-state index contributed by atoms with van der Waals surface area (Å²) in [7, 11) is 1.37. The van der Waals surface area contributed by atoms with Crippen molar-refractivity contribution < 1.29 is 36.9 Å². The van der Waals surface area contributed by atoms with Gasteiger partial charge in [0.1, 0.15) is 17.1 Å². The second kappa shape index (κ2) is 31.2. The van der Waals surface area contributed by atoms with E-state index in [0.29, 0.717) is 15.6 Å². The van der Waals surface area contributed by atoms with E-state index < -0.39 is 11.6 Å². The van der Waals surface area contributed by atoms with Gasteiger partial charge in [0.05, 0.1) is 72.2 Å². The Bertz CT molecular complexity index is 4430. The van der Waals surface area contributed by atoms with Crippen molar-refractivity contribution in [2.24, 2.45) is 0 Å². The summed E-state index contributed by atoms with van der Waals surface area (Å²) in [6, 6.07) is 51.0. The van der Waals surface area contributed by atoms with Crippen molar-refractivity contribution in [3.05, 3.63) is 222 Å². The summed E-state index contributed by atoms with van der Waals surface area (Å²) in [5.74, 6) is -1.31. The number of fused-ring (bicyclic) bond motifs is 3. The first-order valence-electron chi connectivity index (χ1n) is 27.2. The summed E-state index contributed by atoms with van der Waals surface area (Å²) < 4.78 is 10.5. The van der Waals surface area contributed by atoms with Crippen molar-refractivity contribution in [3.63, 3.8) is 0 Å². The van der Waals surface area contributed by atoms with E-state index in [1.165, 1.54) is 7.11 Å². The molecule has 0 unspecified atom stereocenters. The van der Waals surface area contributed by atoms with Gasteiger partial charge in [0.25, 0.3) is 0 Å². The van der Waals surface area contributed by atoms with Crippen LogP contribution in [-0.4, -0.2) is 96.6 Å². The maximum atomic E-state index is 11.8. The normalized spacial score (nSPS) is 10.9. The minimum atomic E-state index is -0.950. The van der Waals surface area contributed by atoms with Crippen molar-refractivity contribution in [2.75, 3.05) is 7.11 Å². The van der Waals surface area contributed by atoms with Crippen LogP contribution < -0.4 is 12.4 Å². The van der Waals surface area contributed by atoms with Crippen LogP contribution in [0.1, 0.15) is 60.9 Å². The first-order chi connectivity index (χ1) is 41.4. The SMILES string of the molecule is CCn1cc(Sc2ccc(Cl)cc2)c(-c2ccc3cc(C(=O)O)ccc3n2)n1.CCn1cc(Sc2ccc(Cl)cc2)c(-c2ccc3cc(C(=O)OC)ccc3n2)n1.CCn1cc(Sc2ccc(Cl)cc2)c(-c2ccc3cc(C(C)(C)O)ccc3n2)n1.[CH3-].[Cl-].[Mg+2]. The molecule has 450 valence electrons. The molecule has 0 aliphatic carbocycles. The molecule has 0 aliphatic heterocycles. The van der Waals surface area contributed by atoms with Crippen molar-refractivity contribution in [1.82, 2.24) is 44.3 Å². The fourth-order valence-corrected chi connectivity index (χ4v) is 12.1. The van der Waals surface area contributed by atoms with E-state index in [1.54, 1.807) is 79.5 Å². The van der Waals surface area contributed by atoms with Gasteiger partial charge in [0.15, 0.2) is 0 Å². The second-order valence-corrected chi connectivity index (χ2v) is 24.6. The number of carboxylic acid groups (broad SMARTS) is 1. The maximum absolute atomic E-state index is 11.8. The molecule has 0 radical (unpaired) electrons. The third kappa shape index (κ3) is 17.3. The zero-order valence-electron chi connectivity index (χ0n) is 49.5. The van der Waals surface area contributed by atoms with Crippen LogP contribution in [0, 0.1) is 7.43 Å². The Morgan fingerprint density at radius 2 is 0.820 bits per heavy atom. The molecule has 6 heterocycles. The number of carbonyl (C=O) groups is 2. The largest absolute Gasteiger partial charge is 2.00 e. The topological polar surface area (TPSA) is 176 Å². The van der Waals surface area contributed by atoms with Crippen LogP contribution in [0.15, 0.2) is 212 Å². The number of rotatable bonds is 15. The zero-order chi connectivity index (χ0) is 60.6. The van der Waals surface area contributed by atoms with Crippen LogP contribution in [0.4, 0.5) is 0 Å². The Labute approximate surface area is 566 Å². The van der Waals surface area contributed by atoms with Crippen LogP contribution in [0.3, 0.4) is 0 Å². The minimum Gasteiger partial charge on any atom is -1.00 e. The average molecular weight is 1330 g/mol. The van der Waals surface area contributed by atoms with Crippen LogP contribution in [0.2, 0.25) is 15.1 Å². The average Bonchev–Trinajstić information content (AvgIpc) is 2.07. The van der Waals surface area contributed by atoms with Crippen LogP contribution in [0.25, 0.3) is 66.9 Å². The van der Waals surface area contributed by atoms with Crippen molar-refractivity contribution in [2.45, 2.75) is 89.2 Å². The molecule has 0 bridgehead atoms. The molecule has 0 fully saturated rings. The number of methoxy groups -OCH3 is 1. The van der Waals surface area contributed by atoms with Gasteiger partial charge in [-0.25, -0.2) is 24.5 Å². The number of benzene rings is 6. The molecular formula is C67H59Cl4MgN9O5S3. The predicted octanol–water partition coefficient (Wildman–Crippen LogP) is 14.6. The number of aromatic nitrogens is 9. The smallest absolute Gasteiger partial charge is 1.00 e. The number of carbonyl (C=O) groups excluding carboxylic acids is 1. The molecule has 89 heavy (non-hydrogen) atoms. The Balaban J connectivity index is 0.000000187. The second-order valence-electron chi connectivity index (χ2n) is 19.9. The minimum absolute atomic E-state index is 0. The molecule has 0 saturated carbocycles. The number of nitrogens with zero attached hydrogens (tertiary/aromatic N) is 9. The van der Waals surface area contributed by atoms with E-state index in [9.17, 15) is 14.7 Å². The van der Waals surface area contributed by atoms with Gasteiger partial charge in [-0.1, -0.05) is 94.4 Å². The molecule has 2 N–H and O–H groups in total. The monoisotopic (exact) mass is 1330 g/mol. The van der Waals surface area contributed by atoms with Gasteiger partial charge >= 0.3 is 35.0 Å². The number of aromatic carboxylic acids is 1. The van der Waals surface area contributed by atoms with Gasteiger partial charge < -0.3 is 34.8 Å². The number of carboxylic acids is 1. The van der Waals surface area contributed by atoms with Gasteiger partial charge in [-0.3, -0.25) is 14.0 Å². The van der Waals surface area contributed by atoms with Gasteiger partial charge in [0.2, 0.25) is 0 Å². The Morgan fingerprint density at radius 3 is 1.15 bits per heavy atom. The number of hydrogen-bond donors (Lipinski definition) is 2. The standard InChI is InChI=1S/C23H22ClN3OS.C22H18ClN3O2S.C21H16ClN3O2S.CH3.ClH.Mg/c1-4-27-14-21(29-18-9-7-17(24)8-10-18)22(26-27)20-11-5-15-13-16(23(2,3)28)6-12-19(15)25-20;1-3-26-13-20(29-17-8-6-16(23)7-9-17)21(25-26)19-11-4-14-12-15(22(27)28-2)5-10-18(14)24-19;1-2-25-12-19(28-16-7-5-15(22)6-8-16)20(24-25)18-10-3-13-11-14(21(26)27)4-9-17(13)23-18;;;/h5-14,28H,4H2,1-3H3;4-13H,3H2,1-2H3;3-12H,2H2,1H3,(H,26,27);1H3;1H;/q;;;-1;;+2/p-1. The number of pyridine rings is 3. The number of halogens is 4. The third-order valence-electron chi connectivity index (χ3n) is 13.5. The summed E-state index contributed by atoms with van der Waals surface area (Å²) in [5, 5.41) is 38.3. The van der Waals surface area contributed by atoms with Crippen LogP contribution in [-0.2, 0) is 30.0 Å². The summed E-state index contributed by atoms with van der Waals surface area (Å²) in [6.07, 6.45) is 6.09. The fourth-order valence-electron chi connectivity index (χ4n) is 8.87. The molecule has 0 atom stereocenters. The molecule has 6 aromatic heterocycles. The Morgan fingerprint density at radius 1 is 0.494 bits per heavy atom. The number of esters is 1. The molecule has 14 nitrogen and oxygen atoms in total. The molecule has 12 rings (SSSR count). The van der Waals surface area contributed by atoms with Gasteiger partial charge in [-0.2, -0.15) is 15.3 Å². The molecule has 0 saturated heterocycles. The van der Waals surface area contributed by atoms with E-state index >= 15 is 0 Å². The summed E-state index contributed by atoms with van der Waals surface area (Å²) in [6.45, 7) is 12.0. The number of aliphatic hydroxyl groups is 1. The molecule has 0 spiro atoms. The zero-order valence-corrected chi connectivity index (χ0v) is 56.4. The number of hydrogen-bond acceptors (Lipinski definition) is 13. The summed E-state index contributed by atoms with van der Waals surface area (Å²) in [5.41, 5.74) is 7.99. The van der Waals surface area contributed by atoms with E-state index in [4.69, 9.17) is 69.8 Å². The summed E-state index contributed by atoms with van der Waals surface area (Å²) in [4.78, 5) is 43.5. The van der Waals surface area contributed by atoms with Crippen molar-refractivity contribution in [3.8, 4) is 34.2 Å². The summed E-state index contributed by atoms with van der Waals surface area (Å²) >= 11 is 22.9. The molecule has 6 aromatic carbocycles. The fraction of sp³-hybridized carbons (Fsp3) is 0.149. The van der Waals surface area contributed by atoms with Crippen LogP contribution >= 0.6 is 70.1 Å². The van der Waals surface area contributed by atoms with E-state index in [-0.39, 0.29) is 54.4 Å². The first-order valence-corrected chi connectivity index (χ1v) is 30.8. The molecule has 22 heteroatoms. The first kappa shape index (κ1) is 69.5. The van der Waals surface area contributed by atoms with Gasteiger partial charge in [-0.15, -0.1) is 0 Å². The number of ether oxygens (including phenoxy) is 1. The van der Waals surface area contributed by atoms with Gasteiger partial charge in [-0.05, 0) is 180 Å². The van der Waals surface area contributed by atoms with Crippen LogP contribution in [0.5, 0.6) is 0 Å². The molecular weight excluding hydrogens is 1270 g/mol. The Kier molecular flexibility index (Phi) is 24.4. The molecule has 0 amide bonds. The quantitative estimate of drug-likeness (QED) is 0.0563. The van der Waals surface area contributed by atoms with Crippen molar-refractivity contribution >= 4 is 138 Å². The number of aryl methyl sites for hydroxylation is 3. The van der Waals surface area contributed by atoms with Crippen molar-refractivity contribution in [1.29, 1.82) is 0 Å². The molecule has 0 aliphatic rings. The van der Waals surface area contributed by atoms with Gasteiger partial charge in [0, 0.05) is 84.1 Å². The predicted molar refractivity (Wildman–Crippen MR) is 358 cm³/mol. The maximum Gasteiger partial charge on any atom is 2.00 e. The Hall–Kier alpha value is -6.94. The third-order valence-corrected chi connectivity index (χ3v) is 17.3. The van der Waals surface area contributed by atoms with E-state index in [1.807, 2.05) is 167 Å². The van der Waals surface area contributed by atoms with E-state index in [2.05, 4.69) is 25.1 Å². The molecule has 12 aromatic rings. The van der Waals surface area contributed by atoms with E-state index in [0.717, 1.165) is 126 Å².